The van der Waals surface area contributed by atoms with Gasteiger partial charge in [-0.05, 0) is 60.1 Å². The van der Waals surface area contributed by atoms with Crippen LogP contribution in [0.2, 0.25) is 5.28 Å². The fraction of sp³-hybridized carbons (Fsp3) is 0.652. The number of aromatic nitrogens is 4. The van der Waals surface area contributed by atoms with E-state index in [1.165, 1.54) is 17.8 Å². The van der Waals surface area contributed by atoms with Crippen LogP contribution in [0.1, 0.15) is 54.7 Å². The zero-order chi connectivity index (χ0) is 29.3. The fourth-order valence-corrected chi connectivity index (χ4v) is 3.68. The lowest BCUT2D eigenvalue weighted by molar-refractivity contribution is -0.152. The SMILES string of the molecule is C[C@H](NC(=O)OC(C)(C)C)C(=O)OC[C@H]1O[C@@H](n2cnc3c(N)nc(Cl)nc32)[C@@H](F)[C@@H]1OC(=O)OC(C)(C)C. The van der Waals surface area contributed by atoms with Crippen molar-refractivity contribution in [2.45, 2.75) is 90.3 Å². The Labute approximate surface area is 228 Å². The van der Waals surface area contributed by atoms with Crippen LogP contribution in [0.15, 0.2) is 6.33 Å². The topological polar surface area (TPSA) is 179 Å². The summed E-state index contributed by atoms with van der Waals surface area (Å²) >= 11 is 5.91. The molecule has 1 fully saturated rings. The van der Waals surface area contributed by atoms with Crippen molar-refractivity contribution in [3.8, 4) is 0 Å². The summed E-state index contributed by atoms with van der Waals surface area (Å²) in [5.74, 6) is -0.893. The van der Waals surface area contributed by atoms with E-state index in [4.69, 9.17) is 41.0 Å². The van der Waals surface area contributed by atoms with Crippen molar-refractivity contribution in [2.75, 3.05) is 12.3 Å². The molecule has 1 saturated heterocycles. The minimum atomic E-state index is -1.98. The van der Waals surface area contributed by atoms with Crippen molar-refractivity contribution in [1.82, 2.24) is 24.8 Å². The number of hydrogen-bond donors (Lipinski definition) is 2. The number of hydrogen-bond acceptors (Lipinski definition) is 12. The normalized spacial score (nSPS) is 22.3. The number of carbonyl (C=O) groups excluding carboxylic acids is 3. The van der Waals surface area contributed by atoms with Gasteiger partial charge in [0.25, 0.3) is 0 Å². The first kappa shape index (κ1) is 30.1. The number of nitrogens with one attached hydrogen (secondary N) is 1. The highest BCUT2D eigenvalue weighted by Gasteiger charge is 2.50. The lowest BCUT2D eigenvalue weighted by Crippen LogP contribution is -2.44. The predicted molar refractivity (Wildman–Crippen MR) is 134 cm³/mol. The molecule has 0 spiro atoms. The number of nitrogens with two attached hydrogens (primary N) is 1. The van der Waals surface area contributed by atoms with Crippen molar-refractivity contribution >= 4 is 46.8 Å². The Morgan fingerprint density at radius 2 is 1.82 bits per heavy atom. The van der Waals surface area contributed by atoms with Gasteiger partial charge in [-0.2, -0.15) is 9.97 Å². The molecule has 3 N–H and O–H groups in total. The molecule has 1 aliphatic rings. The molecule has 216 valence electrons. The van der Waals surface area contributed by atoms with E-state index >= 15 is 4.39 Å². The number of alkyl carbamates (subject to hydrolysis) is 1. The van der Waals surface area contributed by atoms with Crippen molar-refractivity contribution in [1.29, 1.82) is 0 Å². The van der Waals surface area contributed by atoms with E-state index in [1.54, 1.807) is 41.5 Å². The number of rotatable bonds is 6. The maximum atomic E-state index is 15.8. The second-order valence-corrected chi connectivity index (χ2v) is 11.1. The van der Waals surface area contributed by atoms with Gasteiger partial charge < -0.3 is 34.7 Å². The Balaban J connectivity index is 1.78. The number of nitrogen functional groups attached to an aromatic ring is 1. The smallest absolute Gasteiger partial charge is 0.461 e. The summed E-state index contributed by atoms with van der Waals surface area (Å²) in [5, 5.41) is 2.14. The molecule has 16 heteroatoms. The predicted octanol–water partition coefficient (Wildman–Crippen LogP) is 3.07. The van der Waals surface area contributed by atoms with Crippen LogP contribution in [0.5, 0.6) is 0 Å². The van der Waals surface area contributed by atoms with E-state index in [9.17, 15) is 14.4 Å². The number of imidazole rings is 1. The lowest BCUT2D eigenvalue weighted by atomic mass is 10.1. The quantitative estimate of drug-likeness (QED) is 0.293. The van der Waals surface area contributed by atoms with Crippen molar-refractivity contribution in [2.24, 2.45) is 0 Å². The highest BCUT2D eigenvalue weighted by atomic mass is 35.5. The number of alkyl halides is 1. The van der Waals surface area contributed by atoms with Crippen molar-refractivity contribution in [3.05, 3.63) is 11.6 Å². The van der Waals surface area contributed by atoms with Gasteiger partial charge in [-0.25, -0.2) is 23.8 Å². The van der Waals surface area contributed by atoms with Gasteiger partial charge in [0.2, 0.25) is 5.28 Å². The van der Waals surface area contributed by atoms with Gasteiger partial charge in [-0.15, -0.1) is 0 Å². The summed E-state index contributed by atoms with van der Waals surface area (Å²) < 4.78 is 43.6. The number of amides is 1. The number of carbonyl (C=O) groups is 3. The molecule has 5 atom stereocenters. The molecule has 39 heavy (non-hydrogen) atoms. The van der Waals surface area contributed by atoms with Gasteiger partial charge in [-0.3, -0.25) is 4.57 Å². The van der Waals surface area contributed by atoms with Gasteiger partial charge in [0.15, 0.2) is 30.0 Å². The molecule has 14 nitrogen and oxygen atoms in total. The number of halogens is 2. The molecule has 0 aliphatic carbocycles. The average molecular weight is 575 g/mol. The van der Waals surface area contributed by atoms with Crippen LogP contribution in [0.4, 0.5) is 19.8 Å². The van der Waals surface area contributed by atoms with E-state index in [0.717, 1.165) is 0 Å². The number of fused-ring (bicyclic) bond motifs is 1. The number of anilines is 1. The molecule has 3 rings (SSSR count). The minimum absolute atomic E-state index is 0.0318. The second-order valence-electron chi connectivity index (χ2n) is 10.8. The third kappa shape index (κ3) is 7.79. The molecule has 0 aromatic carbocycles. The Hall–Kier alpha value is -3.46. The van der Waals surface area contributed by atoms with Crippen molar-refractivity contribution in [3.63, 3.8) is 0 Å². The monoisotopic (exact) mass is 574 g/mol. The summed E-state index contributed by atoms with van der Waals surface area (Å²) in [6.07, 6.45) is -7.00. The maximum Gasteiger partial charge on any atom is 0.509 e. The standard InChI is InChI=1S/C23H32ClFN6O8/c1-10(28-20(33)38-22(2,3)4)18(32)35-8-11-14(37-21(34)39-23(5,6)7)12(25)17(36-11)31-9-27-13-15(26)29-19(24)30-16(13)31/h9-12,14,17H,8H2,1-7H3,(H,28,33)(H2,26,29,30)/t10-,11+,12-,14+,17+/m0/s1. The van der Waals surface area contributed by atoms with Gasteiger partial charge >= 0.3 is 18.2 Å². The third-order valence-electron chi connectivity index (χ3n) is 5.06. The van der Waals surface area contributed by atoms with Gasteiger partial charge in [-0.1, -0.05) is 0 Å². The van der Waals surface area contributed by atoms with Gasteiger partial charge in [0.1, 0.15) is 35.5 Å². The van der Waals surface area contributed by atoms with E-state index in [-0.39, 0.29) is 22.3 Å². The summed E-state index contributed by atoms with van der Waals surface area (Å²) in [4.78, 5) is 48.8. The largest absolute Gasteiger partial charge is 0.509 e. The molecular weight excluding hydrogens is 543 g/mol. The number of ether oxygens (including phenoxy) is 5. The summed E-state index contributed by atoms with van der Waals surface area (Å²) in [6.45, 7) is 10.7. The molecule has 0 bridgehead atoms. The maximum absolute atomic E-state index is 15.8. The number of esters is 1. The Kier molecular flexibility index (Phi) is 8.75. The molecule has 1 aliphatic heterocycles. The average Bonchev–Trinajstić information content (AvgIpc) is 3.30. The van der Waals surface area contributed by atoms with E-state index < -0.39 is 66.7 Å². The van der Waals surface area contributed by atoms with Crippen LogP contribution >= 0.6 is 11.6 Å². The summed E-state index contributed by atoms with van der Waals surface area (Å²) in [7, 11) is 0. The first-order valence-corrected chi connectivity index (χ1v) is 12.3. The molecule has 0 saturated carbocycles. The fourth-order valence-electron chi connectivity index (χ4n) is 3.51. The molecule has 2 aromatic heterocycles. The van der Waals surface area contributed by atoms with Crippen molar-refractivity contribution < 1.29 is 42.5 Å². The molecule has 1 amide bonds. The van der Waals surface area contributed by atoms with E-state index in [0.29, 0.717) is 0 Å². The van der Waals surface area contributed by atoms with Crippen LogP contribution in [-0.4, -0.2) is 80.0 Å². The zero-order valence-electron chi connectivity index (χ0n) is 22.6. The second kappa shape index (κ2) is 11.3. The third-order valence-corrected chi connectivity index (χ3v) is 5.23. The lowest BCUT2D eigenvalue weighted by Gasteiger charge is -2.24. The van der Waals surface area contributed by atoms with Crippen LogP contribution in [0, 0.1) is 0 Å². The summed E-state index contributed by atoms with van der Waals surface area (Å²) in [5.41, 5.74) is 4.36. The van der Waals surface area contributed by atoms with Crippen LogP contribution in [-0.2, 0) is 28.5 Å². The summed E-state index contributed by atoms with van der Waals surface area (Å²) in [6, 6.07) is -1.11. The van der Waals surface area contributed by atoms with E-state index in [2.05, 4.69) is 20.3 Å². The van der Waals surface area contributed by atoms with Crippen LogP contribution in [0.25, 0.3) is 11.2 Å². The van der Waals surface area contributed by atoms with E-state index in [1.807, 2.05) is 0 Å². The minimum Gasteiger partial charge on any atom is -0.461 e. The molecule has 3 heterocycles. The zero-order valence-corrected chi connectivity index (χ0v) is 23.3. The first-order valence-electron chi connectivity index (χ1n) is 12.0. The molecular formula is C23H32ClFN6O8. The molecule has 0 radical (unpaired) electrons. The van der Waals surface area contributed by atoms with Crippen LogP contribution < -0.4 is 11.1 Å². The van der Waals surface area contributed by atoms with Gasteiger partial charge in [0, 0.05) is 0 Å². The van der Waals surface area contributed by atoms with Gasteiger partial charge in [0.05, 0.1) is 6.33 Å². The Morgan fingerprint density at radius 1 is 1.18 bits per heavy atom. The molecule has 2 aromatic rings. The Bertz CT molecular complexity index is 1230. The first-order chi connectivity index (χ1) is 17.9. The highest BCUT2D eigenvalue weighted by molar-refractivity contribution is 6.28. The van der Waals surface area contributed by atoms with Crippen LogP contribution in [0.3, 0.4) is 0 Å². The Morgan fingerprint density at radius 3 is 2.44 bits per heavy atom. The molecule has 0 unspecified atom stereocenters. The number of nitrogens with zero attached hydrogens (tertiary/aromatic N) is 4. The highest BCUT2D eigenvalue weighted by Crippen LogP contribution is 2.36.